The lowest BCUT2D eigenvalue weighted by molar-refractivity contribution is -0.132. The molecule has 2 aliphatic heterocycles. The van der Waals surface area contributed by atoms with E-state index >= 15 is 0 Å². The molecule has 3 rings (SSSR count). The van der Waals surface area contributed by atoms with Crippen molar-refractivity contribution in [3.8, 4) is 0 Å². The lowest BCUT2D eigenvalue weighted by Gasteiger charge is -2.37. The third kappa shape index (κ3) is 5.28. The summed E-state index contributed by atoms with van der Waals surface area (Å²) in [6.07, 6.45) is 2.20. The van der Waals surface area contributed by atoms with Gasteiger partial charge in [-0.3, -0.25) is 4.79 Å². The Balaban J connectivity index is 1.42. The van der Waals surface area contributed by atoms with Gasteiger partial charge in [-0.25, -0.2) is 0 Å². The van der Waals surface area contributed by atoms with E-state index in [1.165, 1.54) is 19.7 Å². The topological polar surface area (TPSA) is 70.2 Å². The molecule has 0 radical (unpaired) electrons. The van der Waals surface area contributed by atoms with Crippen molar-refractivity contribution < 1.29 is 17.9 Å². The number of nitrogens with zero attached hydrogens (tertiary/aromatic N) is 3. The SMILES string of the molecule is Cc1ccc(CCCC(=O)N2CCN(S(=O)(=O)N3CCOCC3)CC2)cc1. The van der Waals surface area contributed by atoms with Crippen LogP contribution in [0, 0.1) is 6.92 Å². The lowest BCUT2D eigenvalue weighted by atomic mass is 10.1. The second-order valence-corrected chi connectivity index (χ2v) is 9.07. The van der Waals surface area contributed by atoms with Gasteiger partial charge in [0, 0.05) is 45.7 Å². The van der Waals surface area contributed by atoms with E-state index < -0.39 is 10.2 Å². The number of piperazine rings is 1. The van der Waals surface area contributed by atoms with Crippen LogP contribution in [0.3, 0.4) is 0 Å². The average molecular weight is 396 g/mol. The number of carbonyl (C=O) groups excluding carboxylic acids is 1. The Kier molecular flexibility index (Phi) is 6.86. The maximum atomic E-state index is 12.7. The third-order valence-corrected chi connectivity index (χ3v) is 7.23. The number of amides is 1. The third-order valence-electron chi connectivity index (χ3n) is 5.19. The Bertz CT molecular complexity index is 722. The first kappa shape index (κ1) is 20.3. The summed E-state index contributed by atoms with van der Waals surface area (Å²) in [5, 5.41) is 0. The fourth-order valence-electron chi connectivity index (χ4n) is 3.47. The minimum atomic E-state index is -3.44. The van der Waals surface area contributed by atoms with Gasteiger partial charge in [0.05, 0.1) is 13.2 Å². The van der Waals surface area contributed by atoms with Gasteiger partial charge >= 0.3 is 0 Å². The number of hydrogen-bond acceptors (Lipinski definition) is 4. The van der Waals surface area contributed by atoms with Crippen LogP contribution in [0.25, 0.3) is 0 Å². The van der Waals surface area contributed by atoms with Crippen molar-refractivity contribution in [2.24, 2.45) is 0 Å². The molecule has 2 saturated heterocycles. The molecule has 150 valence electrons. The molecule has 0 aromatic heterocycles. The molecule has 1 amide bonds. The molecule has 7 nitrogen and oxygen atoms in total. The Morgan fingerprint density at radius 3 is 2.19 bits per heavy atom. The van der Waals surface area contributed by atoms with Gasteiger partial charge in [-0.05, 0) is 25.3 Å². The van der Waals surface area contributed by atoms with Gasteiger partial charge in [0.25, 0.3) is 10.2 Å². The first-order valence-electron chi connectivity index (χ1n) is 9.63. The maximum Gasteiger partial charge on any atom is 0.282 e. The zero-order valence-corrected chi connectivity index (χ0v) is 16.8. The molecule has 0 N–H and O–H groups in total. The summed E-state index contributed by atoms with van der Waals surface area (Å²) in [6.45, 7) is 5.41. The minimum Gasteiger partial charge on any atom is -0.379 e. The van der Waals surface area contributed by atoms with Crippen LogP contribution in [0.1, 0.15) is 24.0 Å². The largest absolute Gasteiger partial charge is 0.379 e. The van der Waals surface area contributed by atoms with Crippen molar-refractivity contribution >= 4 is 16.1 Å². The summed E-state index contributed by atoms with van der Waals surface area (Å²) in [6, 6.07) is 8.39. The van der Waals surface area contributed by atoms with Crippen LogP contribution in [0.5, 0.6) is 0 Å². The highest BCUT2D eigenvalue weighted by molar-refractivity contribution is 7.86. The average Bonchev–Trinajstić information content (AvgIpc) is 2.70. The summed E-state index contributed by atoms with van der Waals surface area (Å²) in [5.41, 5.74) is 2.48. The van der Waals surface area contributed by atoms with Crippen LogP contribution in [-0.4, -0.2) is 80.3 Å². The van der Waals surface area contributed by atoms with Gasteiger partial charge in [-0.1, -0.05) is 29.8 Å². The molecular formula is C19H29N3O4S. The lowest BCUT2D eigenvalue weighted by Crippen LogP contribution is -2.55. The Morgan fingerprint density at radius 2 is 1.56 bits per heavy atom. The first-order chi connectivity index (χ1) is 13.0. The predicted molar refractivity (Wildman–Crippen MR) is 104 cm³/mol. The summed E-state index contributed by atoms with van der Waals surface area (Å²) in [7, 11) is -3.44. The van der Waals surface area contributed by atoms with Crippen LogP contribution in [-0.2, 0) is 26.2 Å². The first-order valence-corrected chi connectivity index (χ1v) is 11.0. The number of benzene rings is 1. The Morgan fingerprint density at radius 1 is 0.963 bits per heavy atom. The molecule has 0 atom stereocenters. The van der Waals surface area contributed by atoms with E-state index in [9.17, 15) is 13.2 Å². The van der Waals surface area contributed by atoms with Crippen molar-refractivity contribution in [2.45, 2.75) is 26.2 Å². The van der Waals surface area contributed by atoms with Crippen LogP contribution in [0.4, 0.5) is 0 Å². The van der Waals surface area contributed by atoms with Gasteiger partial charge < -0.3 is 9.64 Å². The highest BCUT2D eigenvalue weighted by Crippen LogP contribution is 2.15. The molecule has 2 heterocycles. The number of rotatable bonds is 6. The quantitative estimate of drug-likeness (QED) is 0.722. The fraction of sp³-hybridized carbons (Fsp3) is 0.632. The van der Waals surface area contributed by atoms with Crippen molar-refractivity contribution in [3.63, 3.8) is 0 Å². The van der Waals surface area contributed by atoms with Gasteiger partial charge in [0.2, 0.25) is 5.91 Å². The molecule has 0 aliphatic carbocycles. The van der Waals surface area contributed by atoms with E-state index in [-0.39, 0.29) is 5.91 Å². The second kappa shape index (κ2) is 9.14. The van der Waals surface area contributed by atoms with Crippen LogP contribution in [0.2, 0.25) is 0 Å². The molecule has 0 saturated carbocycles. The van der Waals surface area contributed by atoms with Crippen molar-refractivity contribution in [1.29, 1.82) is 0 Å². The minimum absolute atomic E-state index is 0.116. The molecule has 1 aromatic carbocycles. The summed E-state index contributed by atoms with van der Waals surface area (Å²) in [5.74, 6) is 0.116. The van der Waals surface area contributed by atoms with Gasteiger partial charge in [0.15, 0.2) is 0 Å². The number of ether oxygens (including phenoxy) is 1. The molecule has 0 bridgehead atoms. The molecule has 8 heteroatoms. The standard InChI is InChI=1S/C19H29N3O4S/c1-17-5-7-18(8-6-17)3-2-4-19(23)20-9-11-21(12-10-20)27(24,25)22-13-15-26-16-14-22/h5-8H,2-4,9-16H2,1H3. The van der Waals surface area contributed by atoms with Crippen molar-refractivity contribution in [1.82, 2.24) is 13.5 Å². The molecule has 0 spiro atoms. The van der Waals surface area contributed by atoms with E-state index in [1.54, 1.807) is 4.90 Å². The van der Waals surface area contributed by atoms with Crippen LogP contribution in [0.15, 0.2) is 24.3 Å². The molecular weight excluding hydrogens is 366 g/mol. The summed E-state index contributed by atoms with van der Waals surface area (Å²) < 4.78 is 33.5. The molecule has 2 fully saturated rings. The monoisotopic (exact) mass is 395 g/mol. The fourth-order valence-corrected chi connectivity index (χ4v) is 5.03. The van der Waals surface area contributed by atoms with Crippen molar-refractivity contribution in [3.05, 3.63) is 35.4 Å². The van der Waals surface area contributed by atoms with E-state index in [0.717, 1.165) is 12.8 Å². The van der Waals surface area contributed by atoms with E-state index in [0.29, 0.717) is 58.9 Å². The number of aryl methyl sites for hydroxylation is 2. The molecule has 1 aromatic rings. The highest BCUT2D eigenvalue weighted by atomic mass is 32.2. The number of hydrogen-bond donors (Lipinski definition) is 0. The van der Waals surface area contributed by atoms with Gasteiger partial charge in [-0.15, -0.1) is 0 Å². The number of morpholine rings is 1. The summed E-state index contributed by atoms with van der Waals surface area (Å²) in [4.78, 5) is 14.2. The zero-order valence-electron chi connectivity index (χ0n) is 16.0. The Labute approximate surface area is 162 Å². The smallest absolute Gasteiger partial charge is 0.282 e. The van der Waals surface area contributed by atoms with E-state index in [1.807, 2.05) is 0 Å². The molecule has 0 unspecified atom stereocenters. The van der Waals surface area contributed by atoms with Gasteiger partial charge in [-0.2, -0.15) is 17.0 Å². The van der Waals surface area contributed by atoms with Crippen LogP contribution < -0.4 is 0 Å². The summed E-state index contributed by atoms with van der Waals surface area (Å²) >= 11 is 0. The highest BCUT2D eigenvalue weighted by Gasteiger charge is 2.33. The maximum absolute atomic E-state index is 12.7. The van der Waals surface area contributed by atoms with Gasteiger partial charge in [0.1, 0.15) is 0 Å². The molecule has 27 heavy (non-hydrogen) atoms. The second-order valence-electron chi connectivity index (χ2n) is 7.14. The zero-order chi connectivity index (χ0) is 19.3. The van der Waals surface area contributed by atoms with Crippen molar-refractivity contribution in [2.75, 3.05) is 52.5 Å². The van der Waals surface area contributed by atoms with E-state index in [2.05, 4.69) is 31.2 Å². The predicted octanol–water partition coefficient (Wildman–Crippen LogP) is 1.04. The Hall–Kier alpha value is -1.48. The van der Waals surface area contributed by atoms with Crippen LogP contribution >= 0.6 is 0 Å². The van der Waals surface area contributed by atoms with E-state index in [4.69, 9.17) is 4.74 Å². The number of carbonyl (C=O) groups is 1. The molecule has 2 aliphatic rings. The normalized spacial score (nSPS) is 20.0.